The Morgan fingerprint density at radius 1 is 1.28 bits per heavy atom. The van der Waals surface area contributed by atoms with Crippen LogP contribution in [0.3, 0.4) is 0 Å². The molecule has 0 unspecified atom stereocenters. The molecular formula is C16H12BrN3O4S. The van der Waals surface area contributed by atoms with Gasteiger partial charge in [0, 0.05) is 6.54 Å². The fourth-order valence-electron chi connectivity index (χ4n) is 2.45. The van der Waals surface area contributed by atoms with Crippen LogP contribution in [0.5, 0.6) is 11.5 Å². The molecule has 0 saturated heterocycles. The number of carbonyl (C=O) groups excluding carboxylic acids is 1. The first-order valence-electron chi connectivity index (χ1n) is 7.29. The van der Waals surface area contributed by atoms with Gasteiger partial charge >= 0.3 is 0 Å². The maximum Gasteiger partial charge on any atom is 0.259 e. The molecule has 1 aliphatic heterocycles. The number of fused-ring (bicyclic) bond motifs is 1. The van der Waals surface area contributed by atoms with E-state index in [2.05, 4.69) is 26.4 Å². The van der Waals surface area contributed by atoms with E-state index in [1.807, 2.05) is 30.3 Å². The van der Waals surface area contributed by atoms with Crippen LogP contribution in [0, 0.1) is 0 Å². The molecule has 0 spiro atoms. The average molecular weight is 422 g/mol. The van der Waals surface area contributed by atoms with Gasteiger partial charge in [-0.15, -0.1) is 11.3 Å². The topological polar surface area (TPSA) is 99.6 Å². The van der Waals surface area contributed by atoms with Crippen molar-refractivity contribution >= 4 is 39.1 Å². The Labute approximate surface area is 154 Å². The largest absolute Gasteiger partial charge is 0.454 e. The molecule has 25 heavy (non-hydrogen) atoms. The lowest BCUT2D eigenvalue weighted by Gasteiger charge is -2.06. The van der Waals surface area contributed by atoms with Crippen LogP contribution in [0.25, 0.3) is 10.6 Å². The monoisotopic (exact) mass is 421 g/mol. The molecule has 7 nitrogen and oxygen atoms in total. The highest BCUT2D eigenvalue weighted by Crippen LogP contribution is 2.35. The van der Waals surface area contributed by atoms with Crippen molar-refractivity contribution in [2.75, 3.05) is 12.5 Å². The molecule has 2 aromatic heterocycles. The van der Waals surface area contributed by atoms with E-state index in [0.717, 1.165) is 14.2 Å². The Morgan fingerprint density at radius 3 is 2.92 bits per heavy atom. The minimum atomic E-state index is -0.351. The standard InChI is InChI=1S/C16H12BrN3O4S/c17-12-4-3-11(25-12)14-13(15(18)24-20-14)16(21)19-6-8-1-2-9-10(5-8)23-7-22-9/h1-5H,6-7,18H2,(H,19,21). The number of rotatable bonds is 4. The van der Waals surface area contributed by atoms with Crippen LogP contribution in [0.15, 0.2) is 38.6 Å². The van der Waals surface area contributed by atoms with Crippen LogP contribution in [-0.2, 0) is 6.54 Å². The van der Waals surface area contributed by atoms with Crippen molar-refractivity contribution in [2.45, 2.75) is 6.54 Å². The number of nitrogen functional groups attached to an aromatic ring is 1. The molecule has 9 heteroatoms. The lowest BCUT2D eigenvalue weighted by molar-refractivity contribution is 0.0952. The predicted molar refractivity (Wildman–Crippen MR) is 95.7 cm³/mol. The number of amides is 1. The Morgan fingerprint density at radius 2 is 2.12 bits per heavy atom. The summed E-state index contributed by atoms with van der Waals surface area (Å²) in [4.78, 5) is 13.4. The van der Waals surface area contributed by atoms with Gasteiger partial charge in [0.25, 0.3) is 5.91 Å². The van der Waals surface area contributed by atoms with Crippen molar-refractivity contribution < 1.29 is 18.8 Å². The second kappa shape index (κ2) is 6.41. The molecule has 0 fully saturated rings. The number of thiophene rings is 1. The predicted octanol–water partition coefficient (Wildman–Crippen LogP) is 3.41. The van der Waals surface area contributed by atoms with Gasteiger partial charge in [-0.2, -0.15) is 0 Å². The van der Waals surface area contributed by atoms with E-state index in [0.29, 0.717) is 23.7 Å². The number of halogens is 1. The van der Waals surface area contributed by atoms with Crippen molar-refractivity contribution in [1.29, 1.82) is 0 Å². The summed E-state index contributed by atoms with van der Waals surface area (Å²) in [6, 6.07) is 9.23. The van der Waals surface area contributed by atoms with Gasteiger partial charge in [-0.1, -0.05) is 11.2 Å². The molecule has 0 saturated carbocycles. The van der Waals surface area contributed by atoms with E-state index in [1.165, 1.54) is 11.3 Å². The molecule has 3 aromatic rings. The second-order valence-corrected chi connectivity index (χ2v) is 7.71. The number of carbonyl (C=O) groups is 1. The minimum absolute atomic E-state index is 0.0114. The smallest absolute Gasteiger partial charge is 0.259 e. The highest BCUT2D eigenvalue weighted by Gasteiger charge is 2.23. The van der Waals surface area contributed by atoms with Gasteiger partial charge in [-0.25, -0.2) is 0 Å². The zero-order valence-electron chi connectivity index (χ0n) is 12.7. The SMILES string of the molecule is Nc1onc(-c2ccc(Br)s2)c1C(=O)NCc1ccc2c(c1)OCO2. The lowest BCUT2D eigenvalue weighted by Crippen LogP contribution is -2.23. The molecule has 3 heterocycles. The van der Waals surface area contributed by atoms with E-state index in [-0.39, 0.29) is 24.1 Å². The summed E-state index contributed by atoms with van der Waals surface area (Å²) >= 11 is 4.83. The number of nitrogens with two attached hydrogens (primary N) is 1. The van der Waals surface area contributed by atoms with Gasteiger partial charge in [0.05, 0.1) is 8.66 Å². The van der Waals surface area contributed by atoms with Gasteiger partial charge in [-0.3, -0.25) is 4.79 Å². The van der Waals surface area contributed by atoms with Gasteiger partial charge in [0.1, 0.15) is 11.3 Å². The third-order valence-electron chi connectivity index (χ3n) is 3.64. The summed E-state index contributed by atoms with van der Waals surface area (Å²) in [7, 11) is 0. The van der Waals surface area contributed by atoms with Crippen LogP contribution in [0.2, 0.25) is 0 Å². The third-order valence-corrected chi connectivity index (χ3v) is 5.27. The van der Waals surface area contributed by atoms with Gasteiger partial charge in [0.2, 0.25) is 12.7 Å². The summed E-state index contributed by atoms with van der Waals surface area (Å²) in [6.45, 7) is 0.524. The minimum Gasteiger partial charge on any atom is -0.454 e. The van der Waals surface area contributed by atoms with Crippen LogP contribution >= 0.6 is 27.3 Å². The third kappa shape index (κ3) is 3.08. The number of aromatic nitrogens is 1. The molecule has 0 atom stereocenters. The average Bonchev–Trinajstić information content (AvgIpc) is 3.31. The van der Waals surface area contributed by atoms with Crippen LogP contribution in [0.4, 0.5) is 5.88 Å². The summed E-state index contributed by atoms with van der Waals surface area (Å²) in [5, 5.41) is 6.74. The molecule has 0 radical (unpaired) electrons. The Bertz CT molecular complexity index is 953. The van der Waals surface area contributed by atoms with Crippen LogP contribution in [-0.4, -0.2) is 17.9 Å². The highest BCUT2D eigenvalue weighted by atomic mass is 79.9. The summed E-state index contributed by atoms with van der Waals surface area (Å²) in [6.07, 6.45) is 0. The summed E-state index contributed by atoms with van der Waals surface area (Å²) in [5.74, 6) is 1.00. The number of anilines is 1. The van der Waals surface area contributed by atoms with Crippen LogP contribution in [0.1, 0.15) is 15.9 Å². The number of nitrogens with zero attached hydrogens (tertiary/aromatic N) is 1. The first kappa shape index (κ1) is 16.0. The quantitative estimate of drug-likeness (QED) is 0.669. The summed E-state index contributed by atoms with van der Waals surface area (Å²) < 4.78 is 16.5. The van der Waals surface area contributed by atoms with E-state index >= 15 is 0 Å². The van der Waals surface area contributed by atoms with Crippen LogP contribution < -0.4 is 20.5 Å². The van der Waals surface area contributed by atoms with E-state index in [1.54, 1.807) is 0 Å². The fourth-order valence-corrected chi connectivity index (χ4v) is 3.83. The molecule has 1 amide bonds. The zero-order valence-corrected chi connectivity index (χ0v) is 15.1. The second-order valence-electron chi connectivity index (χ2n) is 5.24. The molecule has 4 rings (SSSR count). The normalized spacial score (nSPS) is 12.4. The number of ether oxygens (including phenoxy) is 2. The molecule has 3 N–H and O–H groups in total. The Kier molecular flexibility index (Phi) is 4.10. The van der Waals surface area contributed by atoms with Crippen molar-refractivity contribution in [3.63, 3.8) is 0 Å². The molecule has 1 aromatic carbocycles. The first-order chi connectivity index (χ1) is 12.1. The van der Waals surface area contributed by atoms with Gasteiger partial charge in [0.15, 0.2) is 11.5 Å². The van der Waals surface area contributed by atoms with Crippen molar-refractivity contribution in [1.82, 2.24) is 10.5 Å². The molecule has 0 aliphatic carbocycles. The molecule has 1 aliphatic rings. The van der Waals surface area contributed by atoms with E-state index < -0.39 is 0 Å². The maximum atomic E-state index is 12.6. The summed E-state index contributed by atoms with van der Waals surface area (Å²) in [5.41, 5.74) is 7.34. The van der Waals surface area contributed by atoms with E-state index in [4.69, 9.17) is 19.7 Å². The number of hydrogen-bond donors (Lipinski definition) is 2. The number of benzene rings is 1. The number of hydrogen-bond acceptors (Lipinski definition) is 7. The Hall–Kier alpha value is -2.52. The van der Waals surface area contributed by atoms with Gasteiger partial charge < -0.3 is 25.0 Å². The first-order valence-corrected chi connectivity index (χ1v) is 8.90. The van der Waals surface area contributed by atoms with Crippen molar-refractivity contribution in [3.05, 3.63) is 45.2 Å². The molecular weight excluding hydrogens is 410 g/mol. The highest BCUT2D eigenvalue weighted by molar-refractivity contribution is 9.11. The lowest BCUT2D eigenvalue weighted by atomic mass is 10.1. The number of nitrogens with one attached hydrogen (secondary N) is 1. The van der Waals surface area contributed by atoms with Gasteiger partial charge in [-0.05, 0) is 45.8 Å². The van der Waals surface area contributed by atoms with Crippen molar-refractivity contribution in [3.8, 4) is 22.1 Å². The van der Waals surface area contributed by atoms with E-state index in [9.17, 15) is 4.79 Å². The van der Waals surface area contributed by atoms with Crippen molar-refractivity contribution in [2.24, 2.45) is 0 Å². The Balaban J connectivity index is 1.53. The molecule has 128 valence electrons. The fraction of sp³-hybridized carbons (Fsp3) is 0.125. The molecule has 0 bridgehead atoms. The zero-order chi connectivity index (χ0) is 17.4. The maximum absolute atomic E-state index is 12.6.